The molecule has 1 aromatic rings. The summed E-state index contributed by atoms with van der Waals surface area (Å²) in [5.41, 5.74) is 1.20. The van der Waals surface area contributed by atoms with Crippen LogP contribution in [0.3, 0.4) is 0 Å². The van der Waals surface area contributed by atoms with Gasteiger partial charge < -0.3 is 10.4 Å². The lowest BCUT2D eigenvalue weighted by Gasteiger charge is -2.14. The highest BCUT2D eigenvalue weighted by atomic mass is 16.4. The van der Waals surface area contributed by atoms with Gasteiger partial charge in [0.05, 0.1) is 0 Å². The van der Waals surface area contributed by atoms with E-state index in [4.69, 9.17) is 10.4 Å². The average Bonchev–Trinajstić information content (AvgIpc) is 2.28. The third-order valence-corrected chi connectivity index (χ3v) is 2.32. The summed E-state index contributed by atoms with van der Waals surface area (Å²) in [6.07, 6.45) is 3.17. The molecule has 0 saturated carbocycles. The van der Waals surface area contributed by atoms with Crippen LogP contribution in [0.25, 0.3) is 0 Å². The molecule has 0 spiro atoms. The normalized spacial score (nSPS) is 11.5. The molecule has 1 heterocycles. The van der Waals surface area contributed by atoms with E-state index in [1.807, 2.05) is 13.0 Å². The number of anilines is 1. The molecule has 1 aromatic heterocycles. The van der Waals surface area contributed by atoms with Gasteiger partial charge in [-0.25, -0.2) is 4.98 Å². The Kier molecular flexibility index (Phi) is 4.95. The molecule has 0 bridgehead atoms. The van der Waals surface area contributed by atoms with Crippen molar-refractivity contribution in [3.8, 4) is 6.07 Å². The Balaban J connectivity index is 2.42. The number of aromatic nitrogens is 1. The maximum atomic E-state index is 10.4. The molecule has 0 aromatic carbocycles. The van der Waals surface area contributed by atoms with Crippen molar-refractivity contribution in [1.29, 1.82) is 5.26 Å². The highest BCUT2D eigenvalue weighted by molar-refractivity contribution is 5.66. The van der Waals surface area contributed by atoms with Gasteiger partial charge in [-0.2, -0.15) is 5.26 Å². The Morgan fingerprint density at radius 1 is 1.71 bits per heavy atom. The van der Waals surface area contributed by atoms with E-state index in [0.717, 1.165) is 12.1 Å². The second-order valence-corrected chi connectivity index (χ2v) is 3.87. The zero-order valence-corrected chi connectivity index (χ0v) is 9.68. The molecule has 0 aliphatic carbocycles. The molecule has 90 valence electrons. The van der Waals surface area contributed by atoms with Gasteiger partial charge in [0, 0.05) is 24.3 Å². The number of carboxylic acid groups (broad SMARTS) is 1. The van der Waals surface area contributed by atoms with E-state index in [1.54, 1.807) is 18.3 Å². The number of carbonyl (C=O) groups is 1. The Hall–Kier alpha value is -2.09. The van der Waals surface area contributed by atoms with E-state index in [1.165, 1.54) is 0 Å². The lowest BCUT2D eigenvalue weighted by atomic mass is 10.1. The van der Waals surface area contributed by atoms with E-state index < -0.39 is 5.97 Å². The Labute approximate surface area is 100 Å². The van der Waals surface area contributed by atoms with Crippen LogP contribution in [0, 0.1) is 11.3 Å². The number of aliphatic carboxylic acids is 1. The summed E-state index contributed by atoms with van der Waals surface area (Å²) >= 11 is 0. The maximum Gasteiger partial charge on any atom is 0.303 e. The highest BCUT2D eigenvalue weighted by Gasteiger charge is 2.04. The third-order valence-electron chi connectivity index (χ3n) is 2.32. The molecule has 1 unspecified atom stereocenters. The number of rotatable bonds is 6. The average molecular weight is 233 g/mol. The molecular weight excluding hydrogens is 218 g/mol. The van der Waals surface area contributed by atoms with Gasteiger partial charge in [-0.1, -0.05) is 0 Å². The first-order valence-electron chi connectivity index (χ1n) is 5.46. The lowest BCUT2D eigenvalue weighted by Crippen LogP contribution is -2.15. The summed E-state index contributed by atoms with van der Waals surface area (Å²) in [6.45, 7) is 1.98. The van der Waals surface area contributed by atoms with Crippen LogP contribution < -0.4 is 5.32 Å². The van der Waals surface area contributed by atoms with Crippen LogP contribution in [-0.4, -0.2) is 22.1 Å². The second kappa shape index (κ2) is 6.48. The summed E-state index contributed by atoms with van der Waals surface area (Å²) in [5.74, 6) is -0.770. The first-order valence-corrected chi connectivity index (χ1v) is 5.46. The third kappa shape index (κ3) is 4.98. The Bertz CT molecular complexity index is 426. The van der Waals surface area contributed by atoms with Crippen LogP contribution in [0.4, 0.5) is 5.69 Å². The van der Waals surface area contributed by atoms with Crippen LogP contribution in [0.15, 0.2) is 18.3 Å². The zero-order valence-electron chi connectivity index (χ0n) is 9.68. The summed E-state index contributed by atoms with van der Waals surface area (Å²) in [7, 11) is 0. The second-order valence-electron chi connectivity index (χ2n) is 3.87. The molecule has 0 fully saturated rings. The fourth-order valence-corrected chi connectivity index (χ4v) is 1.50. The predicted molar refractivity (Wildman–Crippen MR) is 63.5 cm³/mol. The Morgan fingerprint density at radius 2 is 2.47 bits per heavy atom. The molecule has 1 atom stereocenters. The molecule has 5 heteroatoms. The minimum Gasteiger partial charge on any atom is -0.481 e. The minimum absolute atomic E-state index is 0.170. The molecular formula is C12H15N3O2. The number of nitriles is 1. The topological polar surface area (TPSA) is 86.0 Å². The predicted octanol–water partition coefficient (Wildman–Crippen LogP) is 2.01. The van der Waals surface area contributed by atoms with Gasteiger partial charge in [0.25, 0.3) is 0 Å². The number of pyridine rings is 1. The van der Waals surface area contributed by atoms with Crippen molar-refractivity contribution in [2.75, 3.05) is 5.32 Å². The molecule has 5 nitrogen and oxygen atoms in total. The van der Waals surface area contributed by atoms with Crippen molar-refractivity contribution in [2.24, 2.45) is 0 Å². The summed E-state index contributed by atoms with van der Waals surface area (Å²) in [6, 6.07) is 5.60. The smallest absolute Gasteiger partial charge is 0.303 e. The summed E-state index contributed by atoms with van der Waals surface area (Å²) in [4.78, 5) is 14.2. The van der Waals surface area contributed by atoms with Gasteiger partial charge in [0.2, 0.25) is 0 Å². The van der Waals surface area contributed by atoms with Crippen LogP contribution in [0.2, 0.25) is 0 Å². The first-order chi connectivity index (χ1) is 8.11. The number of hydrogen-bond donors (Lipinski definition) is 2. The van der Waals surface area contributed by atoms with Gasteiger partial charge in [-0.3, -0.25) is 4.79 Å². The standard InChI is InChI=1S/C12H15N3O2/c1-9(3-2-4-12(16)17)15-10-5-6-14-11(7-10)8-13/h5-7,9H,2-4H2,1H3,(H,14,15)(H,16,17). The van der Waals surface area contributed by atoms with Crippen LogP contribution in [0.1, 0.15) is 31.9 Å². The maximum absolute atomic E-state index is 10.4. The Morgan fingerprint density at radius 3 is 3.12 bits per heavy atom. The molecule has 2 N–H and O–H groups in total. The molecule has 0 amide bonds. The monoisotopic (exact) mass is 233 g/mol. The van der Waals surface area contributed by atoms with Crippen LogP contribution in [-0.2, 0) is 4.79 Å². The minimum atomic E-state index is -0.770. The van der Waals surface area contributed by atoms with Crippen molar-refractivity contribution in [2.45, 2.75) is 32.2 Å². The summed E-state index contributed by atoms with van der Waals surface area (Å²) in [5, 5.41) is 20.4. The lowest BCUT2D eigenvalue weighted by molar-refractivity contribution is -0.137. The quantitative estimate of drug-likeness (QED) is 0.784. The van der Waals surface area contributed by atoms with Gasteiger partial charge in [-0.15, -0.1) is 0 Å². The van der Waals surface area contributed by atoms with Crippen LogP contribution in [0.5, 0.6) is 0 Å². The van der Waals surface area contributed by atoms with Crippen molar-refractivity contribution in [3.05, 3.63) is 24.0 Å². The van der Waals surface area contributed by atoms with E-state index in [-0.39, 0.29) is 12.5 Å². The van der Waals surface area contributed by atoms with E-state index in [0.29, 0.717) is 12.1 Å². The van der Waals surface area contributed by atoms with Crippen molar-refractivity contribution in [1.82, 2.24) is 4.98 Å². The molecule has 0 aliphatic heterocycles. The van der Waals surface area contributed by atoms with E-state index in [9.17, 15) is 4.79 Å². The van der Waals surface area contributed by atoms with Crippen LogP contribution >= 0.6 is 0 Å². The van der Waals surface area contributed by atoms with Gasteiger partial charge in [0.15, 0.2) is 0 Å². The fourth-order valence-electron chi connectivity index (χ4n) is 1.50. The SMILES string of the molecule is CC(CCCC(=O)O)Nc1ccnc(C#N)c1. The fraction of sp³-hybridized carbons (Fsp3) is 0.417. The number of hydrogen-bond acceptors (Lipinski definition) is 4. The van der Waals surface area contributed by atoms with Gasteiger partial charge in [-0.05, 0) is 31.9 Å². The highest BCUT2D eigenvalue weighted by Crippen LogP contribution is 2.11. The van der Waals surface area contributed by atoms with Gasteiger partial charge in [0.1, 0.15) is 11.8 Å². The molecule has 0 radical (unpaired) electrons. The van der Waals surface area contributed by atoms with Crippen molar-refractivity contribution >= 4 is 11.7 Å². The largest absolute Gasteiger partial charge is 0.481 e. The number of nitrogens with one attached hydrogen (secondary N) is 1. The summed E-state index contributed by atoms with van der Waals surface area (Å²) < 4.78 is 0. The molecule has 1 rings (SSSR count). The molecule has 0 aliphatic rings. The zero-order chi connectivity index (χ0) is 12.7. The van der Waals surface area contributed by atoms with Gasteiger partial charge >= 0.3 is 5.97 Å². The van der Waals surface area contributed by atoms with Crippen molar-refractivity contribution in [3.63, 3.8) is 0 Å². The van der Waals surface area contributed by atoms with Crippen molar-refractivity contribution < 1.29 is 9.90 Å². The van der Waals surface area contributed by atoms with E-state index >= 15 is 0 Å². The number of carboxylic acids is 1. The first kappa shape index (κ1) is 13.0. The number of nitrogens with zero attached hydrogens (tertiary/aromatic N) is 2. The molecule has 17 heavy (non-hydrogen) atoms. The molecule has 0 saturated heterocycles. The van der Waals surface area contributed by atoms with E-state index in [2.05, 4.69) is 10.3 Å².